The molecule has 1 aromatic rings. The average molecular weight is 298 g/mol. The number of hydrogen-bond acceptors (Lipinski definition) is 3. The Morgan fingerprint density at radius 3 is 2.88 bits per heavy atom. The van der Waals surface area contributed by atoms with Gasteiger partial charge in [0.1, 0.15) is 5.75 Å². The van der Waals surface area contributed by atoms with Crippen LogP contribution >= 0.6 is 15.9 Å². The van der Waals surface area contributed by atoms with Gasteiger partial charge in [0.15, 0.2) is 0 Å². The molecule has 17 heavy (non-hydrogen) atoms. The van der Waals surface area contributed by atoms with E-state index in [9.17, 15) is 4.79 Å². The number of aliphatic carboxylic acids is 1. The molecule has 0 aliphatic rings. The Hall–Kier alpha value is -1.54. The molecule has 0 aliphatic heterocycles. The summed E-state index contributed by atoms with van der Waals surface area (Å²) in [7, 11) is 1.55. The van der Waals surface area contributed by atoms with Crippen LogP contribution in [-0.4, -0.2) is 18.2 Å². The zero-order chi connectivity index (χ0) is 12.8. The Balaban J connectivity index is 2.89. The van der Waals surface area contributed by atoms with Crippen molar-refractivity contribution in [3.8, 4) is 11.8 Å². The second kappa shape index (κ2) is 6.26. The normalized spacial score (nSPS) is 11.6. The lowest BCUT2D eigenvalue weighted by Crippen LogP contribution is -2.09. The predicted molar refractivity (Wildman–Crippen MR) is 65.8 cm³/mol. The van der Waals surface area contributed by atoms with Crippen molar-refractivity contribution in [2.45, 2.75) is 12.8 Å². The highest BCUT2D eigenvalue weighted by Gasteiger charge is 2.15. The summed E-state index contributed by atoms with van der Waals surface area (Å²) in [5, 5.41) is 17.6. The van der Waals surface area contributed by atoms with Gasteiger partial charge in [-0.15, -0.1) is 0 Å². The number of nitriles is 1. The van der Waals surface area contributed by atoms with Crippen molar-refractivity contribution >= 4 is 21.9 Å². The number of nitrogens with zero attached hydrogens (tertiary/aromatic N) is 1. The molecule has 0 spiro atoms. The molecule has 1 unspecified atom stereocenters. The third-order valence-corrected chi connectivity index (χ3v) is 2.81. The third kappa shape index (κ3) is 4.08. The molecule has 1 N–H and O–H groups in total. The maximum atomic E-state index is 10.6. The van der Waals surface area contributed by atoms with Gasteiger partial charge in [0.2, 0.25) is 0 Å². The van der Waals surface area contributed by atoms with Crippen LogP contribution in [0.1, 0.15) is 12.0 Å². The number of carbonyl (C=O) groups is 1. The molecule has 1 atom stereocenters. The maximum Gasteiger partial charge on any atom is 0.304 e. The highest BCUT2D eigenvalue weighted by atomic mass is 79.9. The van der Waals surface area contributed by atoms with Crippen LogP contribution in [0, 0.1) is 17.2 Å². The number of hydrogen-bond donors (Lipinski definition) is 1. The second-order valence-electron chi connectivity index (χ2n) is 3.58. The zero-order valence-electron chi connectivity index (χ0n) is 9.31. The van der Waals surface area contributed by atoms with Crippen LogP contribution in [0.3, 0.4) is 0 Å². The minimum absolute atomic E-state index is 0.161. The summed E-state index contributed by atoms with van der Waals surface area (Å²) in [4.78, 5) is 10.6. The third-order valence-electron chi connectivity index (χ3n) is 2.31. The van der Waals surface area contributed by atoms with E-state index < -0.39 is 11.9 Å². The second-order valence-corrected chi connectivity index (χ2v) is 4.50. The lowest BCUT2D eigenvalue weighted by atomic mass is 9.97. The van der Waals surface area contributed by atoms with E-state index in [4.69, 9.17) is 15.1 Å². The smallest absolute Gasteiger partial charge is 0.304 e. The van der Waals surface area contributed by atoms with E-state index in [1.165, 1.54) is 0 Å². The number of carboxylic acid groups (broad SMARTS) is 1. The molecule has 1 rings (SSSR count). The largest absolute Gasteiger partial charge is 0.496 e. The fourth-order valence-electron chi connectivity index (χ4n) is 1.55. The molecule has 90 valence electrons. The van der Waals surface area contributed by atoms with Crippen molar-refractivity contribution in [3.05, 3.63) is 28.2 Å². The maximum absolute atomic E-state index is 10.6. The molecular weight excluding hydrogens is 286 g/mol. The van der Waals surface area contributed by atoms with Crippen LogP contribution in [0.25, 0.3) is 0 Å². The van der Waals surface area contributed by atoms with E-state index in [-0.39, 0.29) is 6.42 Å². The summed E-state index contributed by atoms with van der Waals surface area (Å²) in [5.41, 5.74) is 0.828. The first-order chi connectivity index (χ1) is 8.06. The quantitative estimate of drug-likeness (QED) is 0.907. The number of rotatable bonds is 5. The first-order valence-corrected chi connectivity index (χ1v) is 5.80. The lowest BCUT2D eigenvalue weighted by molar-refractivity contribution is -0.137. The molecule has 0 radical (unpaired) electrons. The number of ether oxygens (including phenoxy) is 1. The van der Waals surface area contributed by atoms with Gasteiger partial charge in [-0.3, -0.25) is 4.79 Å². The summed E-state index contributed by atoms with van der Waals surface area (Å²) < 4.78 is 6.05. The molecule has 0 bridgehead atoms. The molecule has 0 aromatic heterocycles. The van der Waals surface area contributed by atoms with E-state index in [0.29, 0.717) is 12.2 Å². The van der Waals surface area contributed by atoms with Crippen LogP contribution in [0.5, 0.6) is 5.75 Å². The van der Waals surface area contributed by atoms with Gasteiger partial charge in [0, 0.05) is 4.47 Å². The van der Waals surface area contributed by atoms with Crippen LogP contribution in [0.2, 0.25) is 0 Å². The summed E-state index contributed by atoms with van der Waals surface area (Å²) in [5.74, 6) is -0.847. The fraction of sp³-hybridized carbons (Fsp3) is 0.333. The van der Waals surface area contributed by atoms with Crippen LogP contribution < -0.4 is 4.74 Å². The Labute approximate surface area is 108 Å². The number of carboxylic acids is 1. The van der Waals surface area contributed by atoms with E-state index in [1.807, 2.05) is 18.2 Å². The first-order valence-electron chi connectivity index (χ1n) is 5.00. The molecule has 4 nitrogen and oxygen atoms in total. The van der Waals surface area contributed by atoms with Crippen molar-refractivity contribution in [3.63, 3.8) is 0 Å². The fourth-order valence-corrected chi connectivity index (χ4v) is 1.95. The molecule has 0 heterocycles. The first kappa shape index (κ1) is 13.5. The highest BCUT2D eigenvalue weighted by molar-refractivity contribution is 9.10. The zero-order valence-corrected chi connectivity index (χ0v) is 10.9. The van der Waals surface area contributed by atoms with Gasteiger partial charge in [-0.2, -0.15) is 5.26 Å². The van der Waals surface area contributed by atoms with Gasteiger partial charge >= 0.3 is 5.97 Å². The summed E-state index contributed by atoms with van der Waals surface area (Å²) >= 11 is 3.33. The van der Waals surface area contributed by atoms with Crippen molar-refractivity contribution in [2.75, 3.05) is 7.11 Å². The molecule has 0 saturated heterocycles. The standard InChI is InChI=1S/C12H12BrNO3/c1-17-11-3-2-10(13)6-9(11)4-8(7-14)5-12(15)16/h2-3,6,8H,4-5H2,1H3,(H,15,16). The highest BCUT2D eigenvalue weighted by Crippen LogP contribution is 2.26. The van der Waals surface area contributed by atoms with Crippen LogP contribution in [0.15, 0.2) is 22.7 Å². The molecule has 0 aliphatic carbocycles. The minimum atomic E-state index is -0.967. The summed E-state index contributed by atoms with van der Waals surface area (Å²) in [6, 6.07) is 7.46. The van der Waals surface area contributed by atoms with Crippen molar-refractivity contribution in [2.24, 2.45) is 5.92 Å². The Bertz CT molecular complexity index is 454. The lowest BCUT2D eigenvalue weighted by Gasteiger charge is -2.11. The SMILES string of the molecule is COc1ccc(Br)cc1CC(C#N)CC(=O)O. The molecular formula is C12H12BrNO3. The molecule has 0 saturated carbocycles. The molecule has 1 aromatic carbocycles. The Morgan fingerprint density at radius 1 is 1.65 bits per heavy atom. The van der Waals surface area contributed by atoms with Crippen molar-refractivity contribution in [1.82, 2.24) is 0 Å². The summed E-state index contributed by atoms with van der Waals surface area (Å²) in [6.07, 6.45) is 0.206. The summed E-state index contributed by atoms with van der Waals surface area (Å²) in [6.45, 7) is 0. The monoisotopic (exact) mass is 297 g/mol. The average Bonchev–Trinajstić information content (AvgIpc) is 2.28. The van der Waals surface area contributed by atoms with E-state index in [1.54, 1.807) is 13.2 Å². The van der Waals surface area contributed by atoms with Gasteiger partial charge in [-0.25, -0.2) is 0 Å². The Morgan fingerprint density at radius 2 is 2.35 bits per heavy atom. The van der Waals surface area contributed by atoms with Crippen molar-refractivity contribution < 1.29 is 14.6 Å². The van der Waals surface area contributed by atoms with Gasteiger partial charge in [-0.05, 0) is 30.2 Å². The van der Waals surface area contributed by atoms with Crippen LogP contribution in [0.4, 0.5) is 0 Å². The van der Waals surface area contributed by atoms with Crippen molar-refractivity contribution in [1.29, 1.82) is 5.26 Å². The minimum Gasteiger partial charge on any atom is -0.496 e. The molecule has 0 fully saturated rings. The van der Waals surface area contributed by atoms with E-state index >= 15 is 0 Å². The topological polar surface area (TPSA) is 70.3 Å². The number of benzene rings is 1. The molecule has 5 heteroatoms. The van der Waals surface area contributed by atoms with Gasteiger partial charge < -0.3 is 9.84 Å². The molecule has 0 amide bonds. The van der Waals surface area contributed by atoms with Gasteiger partial charge in [0.05, 0.1) is 25.5 Å². The van der Waals surface area contributed by atoms with E-state index in [0.717, 1.165) is 10.0 Å². The number of halogens is 1. The van der Waals surface area contributed by atoms with Crippen LogP contribution in [-0.2, 0) is 11.2 Å². The Kier molecular flexibility index (Phi) is 4.98. The van der Waals surface area contributed by atoms with Gasteiger partial charge in [0.25, 0.3) is 0 Å². The van der Waals surface area contributed by atoms with E-state index in [2.05, 4.69) is 15.9 Å². The van der Waals surface area contributed by atoms with Gasteiger partial charge in [-0.1, -0.05) is 15.9 Å². The number of methoxy groups -OCH3 is 1. The predicted octanol–water partition coefficient (Wildman–Crippen LogP) is 2.61.